The van der Waals surface area contributed by atoms with Crippen molar-refractivity contribution in [1.29, 1.82) is 0 Å². The van der Waals surface area contributed by atoms with E-state index in [1.807, 2.05) is 12.1 Å². The number of pyridine rings is 1. The topological polar surface area (TPSA) is 83.4 Å². The van der Waals surface area contributed by atoms with E-state index in [1.54, 1.807) is 18.5 Å². The summed E-state index contributed by atoms with van der Waals surface area (Å²) >= 11 is 0. The van der Waals surface area contributed by atoms with Crippen LogP contribution in [0, 0.1) is 6.92 Å². The van der Waals surface area contributed by atoms with Crippen LogP contribution in [0.15, 0.2) is 60.9 Å². The molecule has 0 spiro atoms. The summed E-state index contributed by atoms with van der Waals surface area (Å²) in [5, 5.41) is 14.3. The van der Waals surface area contributed by atoms with Crippen LogP contribution in [0.2, 0.25) is 0 Å². The van der Waals surface area contributed by atoms with Crippen LogP contribution in [0.25, 0.3) is 10.9 Å². The van der Waals surface area contributed by atoms with E-state index < -0.39 is 0 Å². The molecule has 174 valence electrons. The maximum Gasteiger partial charge on any atom is 0.325 e. The van der Waals surface area contributed by atoms with Crippen LogP contribution in [0.5, 0.6) is 17.6 Å². The fourth-order valence-corrected chi connectivity index (χ4v) is 4.48. The maximum atomic E-state index is 10.2. The highest BCUT2D eigenvalue weighted by molar-refractivity contribution is 5.82. The summed E-state index contributed by atoms with van der Waals surface area (Å²) in [5.74, 6) is 0.991. The molecule has 2 aromatic carbocycles. The fraction of sp³-hybridized carbons (Fsp3) is 0.296. The van der Waals surface area contributed by atoms with Gasteiger partial charge in [-0.3, -0.25) is 4.98 Å². The van der Waals surface area contributed by atoms with Gasteiger partial charge in [-0.25, -0.2) is 0 Å². The van der Waals surface area contributed by atoms with Gasteiger partial charge in [-0.1, -0.05) is 26.0 Å². The summed E-state index contributed by atoms with van der Waals surface area (Å²) < 4.78 is 5.92. The third-order valence-corrected chi connectivity index (χ3v) is 6.33. The van der Waals surface area contributed by atoms with Crippen molar-refractivity contribution in [3.8, 4) is 17.6 Å². The second-order valence-electron chi connectivity index (χ2n) is 9.04. The molecule has 1 atom stereocenters. The summed E-state index contributed by atoms with van der Waals surface area (Å²) in [5.41, 5.74) is 5.28. The van der Waals surface area contributed by atoms with Crippen LogP contribution in [0.1, 0.15) is 37.3 Å². The van der Waals surface area contributed by atoms with Gasteiger partial charge in [0.15, 0.2) is 0 Å². The summed E-state index contributed by atoms with van der Waals surface area (Å²) in [6.45, 7) is 8.48. The molecule has 1 unspecified atom stereocenters. The number of benzene rings is 2. The number of ether oxygens (including phenoxy) is 1. The van der Waals surface area contributed by atoms with Gasteiger partial charge in [0.2, 0.25) is 5.88 Å². The van der Waals surface area contributed by atoms with Crippen molar-refractivity contribution in [2.45, 2.75) is 39.2 Å². The van der Waals surface area contributed by atoms with E-state index >= 15 is 0 Å². The van der Waals surface area contributed by atoms with Crippen LogP contribution >= 0.6 is 0 Å². The van der Waals surface area contributed by atoms with Crippen molar-refractivity contribution >= 4 is 22.3 Å². The zero-order valence-corrected chi connectivity index (χ0v) is 19.7. The quantitative estimate of drug-likeness (QED) is 0.400. The second-order valence-corrected chi connectivity index (χ2v) is 9.04. The molecule has 2 N–H and O–H groups in total. The largest absolute Gasteiger partial charge is 0.493 e. The molecule has 1 fully saturated rings. The van der Waals surface area contributed by atoms with E-state index in [4.69, 9.17) is 4.74 Å². The van der Waals surface area contributed by atoms with E-state index in [-0.39, 0.29) is 11.9 Å². The number of hydrogen-bond acceptors (Lipinski definition) is 7. The zero-order chi connectivity index (χ0) is 23.7. The van der Waals surface area contributed by atoms with Gasteiger partial charge in [0.25, 0.3) is 0 Å². The van der Waals surface area contributed by atoms with Crippen LogP contribution in [0.3, 0.4) is 0 Å². The monoisotopic (exact) mass is 455 g/mol. The van der Waals surface area contributed by atoms with Crippen LogP contribution in [0.4, 0.5) is 11.4 Å². The Kier molecular flexibility index (Phi) is 6.02. The summed E-state index contributed by atoms with van der Waals surface area (Å²) in [6, 6.07) is 17.0. The lowest BCUT2D eigenvalue weighted by Crippen LogP contribution is -2.33. The molecule has 1 aliphatic rings. The van der Waals surface area contributed by atoms with Gasteiger partial charge in [-0.2, -0.15) is 9.97 Å². The van der Waals surface area contributed by atoms with Gasteiger partial charge in [-0.15, -0.1) is 0 Å². The Morgan fingerprint density at radius 3 is 2.62 bits per heavy atom. The average molecular weight is 456 g/mol. The molecule has 7 heteroatoms. The highest BCUT2D eigenvalue weighted by Gasteiger charge is 2.25. The smallest absolute Gasteiger partial charge is 0.325 e. The van der Waals surface area contributed by atoms with Crippen LogP contribution in [-0.2, 0) is 0 Å². The molecule has 0 aliphatic carbocycles. The Hall–Kier alpha value is -3.71. The average Bonchev–Trinajstić information content (AvgIpc) is 3.35. The number of nitrogens with zero attached hydrogens (tertiary/aromatic N) is 4. The van der Waals surface area contributed by atoms with Crippen LogP contribution < -0.4 is 15.0 Å². The Bertz CT molecular complexity index is 1300. The molecule has 4 aromatic rings. The Balaban J connectivity index is 1.46. The van der Waals surface area contributed by atoms with E-state index in [0.717, 1.165) is 30.8 Å². The van der Waals surface area contributed by atoms with Crippen molar-refractivity contribution in [2.24, 2.45) is 0 Å². The highest BCUT2D eigenvalue weighted by atomic mass is 16.5. The number of anilines is 2. The summed E-state index contributed by atoms with van der Waals surface area (Å²) in [7, 11) is 0. The van der Waals surface area contributed by atoms with Gasteiger partial charge >= 0.3 is 6.01 Å². The Morgan fingerprint density at radius 2 is 1.91 bits per heavy atom. The minimum absolute atomic E-state index is 0.0891. The number of hydrogen-bond donors (Lipinski definition) is 2. The van der Waals surface area contributed by atoms with Crippen molar-refractivity contribution in [3.63, 3.8) is 0 Å². The minimum atomic E-state index is -0.125. The molecular formula is C27H29N5O2. The summed E-state index contributed by atoms with van der Waals surface area (Å²) in [6.07, 6.45) is 4.26. The van der Waals surface area contributed by atoms with Gasteiger partial charge < -0.3 is 20.1 Å². The number of fused-ring (bicyclic) bond motifs is 1. The fourth-order valence-electron chi connectivity index (χ4n) is 4.48. The highest BCUT2D eigenvalue weighted by Crippen LogP contribution is 2.36. The number of nitrogens with one attached hydrogen (secondary N) is 1. The number of rotatable bonds is 6. The molecule has 2 aromatic heterocycles. The first-order valence-electron chi connectivity index (χ1n) is 11.7. The van der Waals surface area contributed by atoms with Gasteiger partial charge in [0.1, 0.15) is 5.75 Å². The molecular weight excluding hydrogens is 426 g/mol. The molecule has 1 aliphatic heterocycles. The first-order chi connectivity index (χ1) is 16.5. The molecule has 0 radical (unpaired) electrons. The van der Waals surface area contributed by atoms with Gasteiger partial charge in [0, 0.05) is 30.2 Å². The van der Waals surface area contributed by atoms with Crippen molar-refractivity contribution in [3.05, 3.63) is 72.1 Å². The second kappa shape index (κ2) is 9.27. The van der Waals surface area contributed by atoms with Crippen LogP contribution in [-0.4, -0.2) is 39.2 Å². The van der Waals surface area contributed by atoms with E-state index in [9.17, 15) is 5.11 Å². The van der Waals surface area contributed by atoms with Gasteiger partial charge in [-0.05, 0) is 73.3 Å². The zero-order valence-electron chi connectivity index (χ0n) is 19.7. The SMILES string of the molecule is Cc1cc(Oc2nc(O)c3ccncc3n2)ccc1N(c1ccc(C(C)C)cc1)C1CCNC1. The number of aryl methyl sites for hydroxylation is 1. The molecule has 3 heterocycles. The molecule has 0 amide bonds. The first kappa shape index (κ1) is 22.1. The minimum Gasteiger partial charge on any atom is -0.493 e. The summed E-state index contributed by atoms with van der Waals surface area (Å²) in [4.78, 5) is 15.0. The van der Waals surface area contributed by atoms with E-state index in [1.165, 1.54) is 11.3 Å². The predicted octanol–water partition coefficient (Wildman–Crippen LogP) is 5.45. The molecule has 5 rings (SSSR count). The van der Waals surface area contributed by atoms with Crippen molar-refractivity contribution in [1.82, 2.24) is 20.3 Å². The van der Waals surface area contributed by atoms with Crippen molar-refractivity contribution in [2.75, 3.05) is 18.0 Å². The van der Waals surface area contributed by atoms with Crippen molar-refractivity contribution < 1.29 is 9.84 Å². The third-order valence-electron chi connectivity index (χ3n) is 6.33. The standard InChI is InChI=1S/C27H29N5O2/c1-17(2)19-4-6-20(7-5-19)32(21-10-12-28-15-21)25-9-8-22(14-18(25)3)34-27-30-24-16-29-13-11-23(24)26(33)31-27/h4-9,11,13-14,16-17,21,28H,10,12,15H2,1-3H3,(H,30,31,33). The lowest BCUT2D eigenvalue weighted by atomic mass is 10.0. The van der Waals surface area contributed by atoms with Gasteiger partial charge in [0.05, 0.1) is 17.1 Å². The Morgan fingerprint density at radius 1 is 1.09 bits per heavy atom. The number of aromatic nitrogens is 3. The van der Waals surface area contributed by atoms with E-state index in [2.05, 4.69) is 76.3 Å². The first-order valence-corrected chi connectivity index (χ1v) is 11.7. The number of aromatic hydroxyl groups is 1. The lowest BCUT2D eigenvalue weighted by Gasteiger charge is -2.32. The maximum absolute atomic E-state index is 10.2. The molecule has 0 saturated carbocycles. The van der Waals surface area contributed by atoms with E-state index in [0.29, 0.717) is 28.6 Å². The molecule has 34 heavy (non-hydrogen) atoms. The predicted molar refractivity (Wildman–Crippen MR) is 134 cm³/mol. The third kappa shape index (κ3) is 4.39. The molecule has 1 saturated heterocycles. The Labute approximate surface area is 199 Å². The lowest BCUT2D eigenvalue weighted by molar-refractivity contribution is 0.412. The normalized spacial score (nSPS) is 15.7. The molecule has 7 nitrogen and oxygen atoms in total. The molecule has 0 bridgehead atoms.